The van der Waals surface area contributed by atoms with Gasteiger partial charge in [0.25, 0.3) is 5.91 Å². The van der Waals surface area contributed by atoms with E-state index in [-0.39, 0.29) is 5.91 Å². The van der Waals surface area contributed by atoms with Crippen molar-refractivity contribution in [3.05, 3.63) is 18.0 Å². The Morgan fingerprint density at radius 3 is 2.67 bits per heavy atom. The minimum Gasteiger partial charge on any atom is -0.348 e. The minimum absolute atomic E-state index is 0.0452. The quantitative estimate of drug-likeness (QED) is 0.833. The number of rotatable bonds is 5. The van der Waals surface area contributed by atoms with E-state index in [1.807, 2.05) is 10.7 Å². The number of aromatic nitrogens is 2. The van der Waals surface area contributed by atoms with E-state index in [4.69, 9.17) is 0 Å². The Kier molecular flexibility index (Phi) is 6.45. The third kappa shape index (κ3) is 4.91. The highest BCUT2D eigenvalue weighted by Crippen LogP contribution is 2.25. The van der Waals surface area contributed by atoms with Crippen molar-refractivity contribution in [2.24, 2.45) is 5.92 Å². The van der Waals surface area contributed by atoms with Crippen LogP contribution in [0.25, 0.3) is 0 Å². The lowest BCUT2D eigenvalue weighted by Crippen LogP contribution is -2.46. The van der Waals surface area contributed by atoms with E-state index in [0.717, 1.165) is 57.8 Å². The fourth-order valence-corrected chi connectivity index (χ4v) is 5.08. The number of carbonyl (C=O) groups excluding carboxylic acids is 1. The van der Waals surface area contributed by atoms with Crippen LogP contribution >= 0.6 is 0 Å². The number of hydrogen-bond acceptors (Lipinski definition) is 4. The molecule has 2 N–H and O–H groups in total. The summed E-state index contributed by atoms with van der Waals surface area (Å²) < 4.78 is 1.93. The molecule has 1 atom stereocenters. The number of nitrogens with zero attached hydrogens (tertiary/aromatic N) is 3. The first-order valence-corrected chi connectivity index (χ1v) is 11.1. The fraction of sp³-hybridized carbons (Fsp3) is 0.810. The summed E-state index contributed by atoms with van der Waals surface area (Å²) in [6.45, 7) is 5.48. The molecule has 1 aliphatic carbocycles. The van der Waals surface area contributed by atoms with E-state index in [1.54, 1.807) is 6.20 Å². The van der Waals surface area contributed by atoms with E-state index < -0.39 is 0 Å². The molecular formula is C21H35N5O. The van der Waals surface area contributed by atoms with E-state index in [1.165, 1.54) is 38.6 Å². The average molecular weight is 374 g/mol. The molecule has 0 spiro atoms. The third-order valence-corrected chi connectivity index (χ3v) is 6.68. The molecule has 0 radical (unpaired) electrons. The summed E-state index contributed by atoms with van der Waals surface area (Å²) in [6, 6.07) is 2.46. The number of piperidine rings is 2. The summed E-state index contributed by atoms with van der Waals surface area (Å²) in [4.78, 5) is 15.5. The van der Waals surface area contributed by atoms with Gasteiger partial charge in [0, 0.05) is 38.4 Å². The van der Waals surface area contributed by atoms with Crippen molar-refractivity contribution in [2.45, 2.75) is 69.9 Å². The molecule has 0 aromatic carbocycles. The SMILES string of the molecule is O=C(NC1CCN(CC2CCCCC2)CC1)c1ccnn1C1CCCNC1. The first-order chi connectivity index (χ1) is 13.3. The molecule has 3 aliphatic rings. The zero-order valence-electron chi connectivity index (χ0n) is 16.5. The van der Waals surface area contributed by atoms with Crippen LogP contribution in [0.1, 0.15) is 74.3 Å². The second-order valence-corrected chi connectivity index (χ2v) is 8.71. The Hall–Kier alpha value is -1.40. The van der Waals surface area contributed by atoms with Crippen molar-refractivity contribution in [3.63, 3.8) is 0 Å². The van der Waals surface area contributed by atoms with Crippen LogP contribution in [0.5, 0.6) is 0 Å². The number of carbonyl (C=O) groups is 1. The lowest BCUT2D eigenvalue weighted by molar-refractivity contribution is 0.0887. The maximum absolute atomic E-state index is 12.8. The lowest BCUT2D eigenvalue weighted by atomic mass is 9.88. The van der Waals surface area contributed by atoms with Gasteiger partial charge in [0.1, 0.15) is 5.69 Å². The van der Waals surface area contributed by atoms with Crippen LogP contribution in [0.2, 0.25) is 0 Å². The van der Waals surface area contributed by atoms with Crippen LogP contribution < -0.4 is 10.6 Å². The van der Waals surface area contributed by atoms with Gasteiger partial charge in [-0.05, 0) is 57.1 Å². The minimum atomic E-state index is 0.0452. The van der Waals surface area contributed by atoms with Gasteiger partial charge in [0.15, 0.2) is 0 Å². The molecule has 150 valence electrons. The van der Waals surface area contributed by atoms with E-state index in [2.05, 4.69) is 20.6 Å². The third-order valence-electron chi connectivity index (χ3n) is 6.68. The van der Waals surface area contributed by atoms with Gasteiger partial charge in [-0.15, -0.1) is 0 Å². The zero-order chi connectivity index (χ0) is 18.5. The Balaban J connectivity index is 1.25. The predicted molar refractivity (Wildman–Crippen MR) is 107 cm³/mol. The molecule has 3 heterocycles. The van der Waals surface area contributed by atoms with Crippen LogP contribution in [0.4, 0.5) is 0 Å². The largest absolute Gasteiger partial charge is 0.348 e. The molecule has 3 fully saturated rings. The fourth-order valence-electron chi connectivity index (χ4n) is 5.08. The Morgan fingerprint density at radius 2 is 1.93 bits per heavy atom. The Bertz CT molecular complexity index is 595. The molecule has 4 rings (SSSR count). The molecule has 1 aromatic rings. The summed E-state index contributed by atoms with van der Waals surface area (Å²) in [6.07, 6.45) is 13.2. The standard InChI is InChI=1S/C21H35N5O/c27-21(20-8-12-23-26(20)19-7-4-11-22-15-19)24-18-9-13-25(14-10-18)16-17-5-2-1-3-6-17/h8,12,17-19,22H,1-7,9-11,13-16H2,(H,24,27). The summed E-state index contributed by atoms with van der Waals surface area (Å²) in [7, 11) is 0. The summed E-state index contributed by atoms with van der Waals surface area (Å²) >= 11 is 0. The van der Waals surface area contributed by atoms with Gasteiger partial charge in [0.05, 0.1) is 6.04 Å². The van der Waals surface area contributed by atoms with Gasteiger partial charge in [-0.1, -0.05) is 19.3 Å². The molecule has 1 amide bonds. The van der Waals surface area contributed by atoms with Crippen molar-refractivity contribution in [2.75, 3.05) is 32.7 Å². The van der Waals surface area contributed by atoms with Gasteiger partial charge >= 0.3 is 0 Å². The smallest absolute Gasteiger partial charge is 0.269 e. The first kappa shape index (κ1) is 18.9. The summed E-state index contributed by atoms with van der Waals surface area (Å²) in [5, 5.41) is 11.1. The van der Waals surface area contributed by atoms with Gasteiger partial charge in [0.2, 0.25) is 0 Å². The van der Waals surface area contributed by atoms with Crippen LogP contribution in [-0.2, 0) is 0 Å². The molecule has 2 saturated heterocycles. The summed E-state index contributed by atoms with van der Waals surface area (Å²) in [5.74, 6) is 0.951. The van der Waals surface area contributed by atoms with Gasteiger partial charge < -0.3 is 15.5 Å². The normalized spacial score (nSPS) is 26.1. The van der Waals surface area contributed by atoms with Crippen molar-refractivity contribution >= 4 is 5.91 Å². The molecule has 0 bridgehead atoms. The first-order valence-electron chi connectivity index (χ1n) is 11.1. The maximum Gasteiger partial charge on any atom is 0.269 e. The molecule has 6 heteroatoms. The highest BCUT2D eigenvalue weighted by molar-refractivity contribution is 5.92. The summed E-state index contributed by atoms with van der Waals surface area (Å²) in [5.41, 5.74) is 0.716. The van der Waals surface area contributed by atoms with Gasteiger partial charge in [-0.25, -0.2) is 0 Å². The molecule has 2 aliphatic heterocycles. The monoisotopic (exact) mass is 373 g/mol. The maximum atomic E-state index is 12.8. The van der Waals surface area contributed by atoms with Crippen LogP contribution in [0.15, 0.2) is 12.3 Å². The Morgan fingerprint density at radius 1 is 1.11 bits per heavy atom. The second kappa shape index (κ2) is 9.20. The Labute approximate surface area is 163 Å². The number of hydrogen-bond donors (Lipinski definition) is 2. The molecule has 6 nitrogen and oxygen atoms in total. The van der Waals surface area contributed by atoms with Crippen LogP contribution in [0.3, 0.4) is 0 Å². The van der Waals surface area contributed by atoms with Crippen LogP contribution in [-0.4, -0.2) is 59.4 Å². The van der Waals surface area contributed by atoms with E-state index >= 15 is 0 Å². The van der Waals surface area contributed by atoms with E-state index in [9.17, 15) is 4.79 Å². The topological polar surface area (TPSA) is 62.2 Å². The van der Waals surface area contributed by atoms with Gasteiger partial charge in [-0.2, -0.15) is 5.10 Å². The molecule has 27 heavy (non-hydrogen) atoms. The second-order valence-electron chi connectivity index (χ2n) is 8.71. The molecular weight excluding hydrogens is 338 g/mol. The number of amides is 1. The lowest BCUT2D eigenvalue weighted by Gasteiger charge is -2.35. The molecule has 1 unspecified atom stereocenters. The number of likely N-dealkylation sites (tertiary alicyclic amines) is 1. The van der Waals surface area contributed by atoms with Crippen molar-refractivity contribution in [3.8, 4) is 0 Å². The zero-order valence-corrected chi connectivity index (χ0v) is 16.5. The van der Waals surface area contributed by atoms with Crippen molar-refractivity contribution < 1.29 is 4.79 Å². The molecule has 1 saturated carbocycles. The van der Waals surface area contributed by atoms with Crippen molar-refractivity contribution in [1.29, 1.82) is 0 Å². The highest BCUT2D eigenvalue weighted by Gasteiger charge is 2.26. The van der Waals surface area contributed by atoms with Gasteiger partial charge in [-0.3, -0.25) is 9.48 Å². The molecule has 1 aromatic heterocycles. The average Bonchev–Trinajstić information content (AvgIpc) is 3.21. The van der Waals surface area contributed by atoms with Crippen molar-refractivity contribution in [1.82, 2.24) is 25.3 Å². The number of nitrogens with one attached hydrogen (secondary N) is 2. The highest BCUT2D eigenvalue weighted by atomic mass is 16.2. The predicted octanol–water partition coefficient (Wildman–Crippen LogP) is 2.58. The van der Waals surface area contributed by atoms with E-state index in [0.29, 0.717) is 17.8 Å². The van der Waals surface area contributed by atoms with Crippen LogP contribution in [0, 0.1) is 5.92 Å².